The van der Waals surface area contributed by atoms with Gasteiger partial charge in [-0.3, -0.25) is 4.79 Å². The number of furan rings is 1. The summed E-state index contributed by atoms with van der Waals surface area (Å²) in [5.74, 6) is 1.10. The smallest absolute Gasteiger partial charge is 0.254 e. The van der Waals surface area contributed by atoms with Gasteiger partial charge in [0.2, 0.25) is 5.82 Å². The van der Waals surface area contributed by atoms with E-state index in [4.69, 9.17) is 19.6 Å². The predicted octanol–water partition coefficient (Wildman–Crippen LogP) is 2.60. The normalized spacial score (nSPS) is 19.3. The maximum absolute atomic E-state index is 13.4. The second-order valence-corrected chi connectivity index (χ2v) is 7.77. The van der Waals surface area contributed by atoms with Crippen molar-refractivity contribution in [2.75, 3.05) is 33.2 Å². The third-order valence-electron chi connectivity index (χ3n) is 5.08. The van der Waals surface area contributed by atoms with Gasteiger partial charge in [-0.1, -0.05) is 0 Å². The average molecular weight is 464 g/mol. The molecule has 1 amide bonds. The van der Waals surface area contributed by atoms with Crippen LogP contribution in [0.25, 0.3) is 17.2 Å². The Hall–Kier alpha value is -2.43. The molecule has 1 fully saturated rings. The summed E-state index contributed by atoms with van der Waals surface area (Å²) in [5.41, 5.74) is 7.11. The molecule has 3 aromatic heterocycles. The summed E-state index contributed by atoms with van der Waals surface area (Å²) < 4.78 is 18.2. The molecule has 0 aromatic carbocycles. The second-order valence-electron chi connectivity index (χ2n) is 6.99. The predicted molar refractivity (Wildman–Crippen MR) is 110 cm³/mol. The van der Waals surface area contributed by atoms with Crippen LogP contribution in [0.2, 0.25) is 0 Å². The zero-order valence-corrected chi connectivity index (χ0v) is 17.8. The summed E-state index contributed by atoms with van der Waals surface area (Å²) in [4.78, 5) is 19.7. The Kier molecular flexibility index (Phi) is 5.57. The van der Waals surface area contributed by atoms with E-state index < -0.39 is 0 Å². The first-order valence-electron chi connectivity index (χ1n) is 9.24. The lowest BCUT2D eigenvalue weighted by Crippen LogP contribution is -2.45. The first-order chi connectivity index (χ1) is 14.0. The number of nitrogens with two attached hydrogens (primary N) is 1. The highest BCUT2D eigenvalue weighted by Crippen LogP contribution is 2.28. The number of pyridine rings is 1. The number of nitrogens with zero attached hydrogens (tertiary/aromatic N) is 4. The van der Waals surface area contributed by atoms with Crippen LogP contribution in [-0.2, 0) is 9.47 Å². The molecule has 10 heteroatoms. The third kappa shape index (κ3) is 3.75. The number of methoxy groups -OCH3 is 2. The van der Waals surface area contributed by atoms with E-state index in [0.29, 0.717) is 46.5 Å². The fraction of sp³-hybridized carbons (Fsp3) is 0.421. The van der Waals surface area contributed by atoms with Crippen molar-refractivity contribution in [2.24, 2.45) is 0 Å². The molecule has 2 atom stereocenters. The number of rotatable bonds is 6. The van der Waals surface area contributed by atoms with Crippen molar-refractivity contribution in [1.29, 1.82) is 0 Å². The number of carbonyl (C=O) groups is 1. The van der Waals surface area contributed by atoms with Crippen molar-refractivity contribution in [3.63, 3.8) is 0 Å². The largest absolute Gasteiger partial charge is 0.446 e. The van der Waals surface area contributed by atoms with Gasteiger partial charge in [0.25, 0.3) is 5.91 Å². The monoisotopic (exact) mass is 463 g/mol. The van der Waals surface area contributed by atoms with E-state index in [1.807, 2.05) is 4.90 Å². The molecule has 4 rings (SSSR count). The number of carbonyl (C=O) groups excluding carboxylic acids is 1. The second kappa shape index (κ2) is 8.13. The summed E-state index contributed by atoms with van der Waals surface area (Å²) in [6.45, 7) is 0.957. The van der Waals surface area contributed by atoms with Gasteiger partial charge in [0.05, 0.1) is 25.3 Å². The molecular weight excluding hydrogens is 442 g/mol. The van der Waals surface area contributed by atoms with Crippen LogP contribution in [0.15, 0.2) is 33.4 Å². The lowest BCUT2D eigenvalue weighted by molar-refractivity contribution is 0.0420. The third-order valence-corrected chi connectivity index (χ3v) is 5.50. The molecule has 1 aliphatic rings. The number of ether oxygens (including phenoxy) is 2. The zero-order valence-electron chi connectivity index (χ0n) is 16.2. The summed E-state index contributed by atoms with van der Waals surface area (Å²) in [6, 6.07) is 6.84. The van der Waals surface area contributed by atoms with Gasteiger partial charge < -0.3 is 24.5 Å². The van der Waals surface area contributed by atoms with E-state index in [1.165, 1.54) is 4.52 Å². The van der Waals surface area contributed by atoms with Gasteiger partial charge in [-0.15, -0.1) is 5.10 Å². The molecule has 1 saturated heterocycles. The molecule has 2 N–H and O–H groups in total. The van der Waals surface area contributed by atoms with Crippen molar-refractivity contribution in [3.05, 3.63) is 34.5 Å². The Morgan fingerprint density at radius 2 is 1.93 bits per heavy atom. The Morgan fingerprint density at radius 1 is 1.24 bits per heavy atom. The average Bonchev–Trinajstić information content (AvgIpc) is 3.40. The number of hydrogen-bond acceptors (Lipinski definition) is 7. The summed E-state index contributed by atoms with van der Waals surface area (Å²) in [5, 5.41) is 4.38. The van der Waals surface area contributed by atoms with Gasteiger partial charge in [-0.2, -0.15) is 4.52 Å². The summed E-state index contributed by atoms with van der Waals surface area (Å²) >= 11 is 3.27. The van der Waals surface area contributed by atoms with E-state index in [0.717, 1.165) is 12.8 Å². The fourth-order valence-electron chi connectivity index (χ4n) is 3.82. The first-order valence-corrected chi connectivity index (χ1v) is 10.0. The van der Waals surface area contributed by atoms with E-state index in [2.05, 4.69) is 26.0 Å². The van der Waals surface area contributed by atoms with E-state index in [1.54, 1.807) is 38.5 Å². The molecule has 3 aromatic rings. The number of hydrogen-bond donors (Lipinski definition) is 1. The topological polar surface area (TPSA) is 108 Å². The number of amides is 1. The van der Waals surface area contributed by atoms with Gasteiger partial charge in [0.15, 0.2) is 16.1 Å². The van der Waals surface area contributed by atoms with Crippen LogP contribution in [0.1, 0.15) is 23.2 Å². The molecule has 0 bridgehead atoms. The minimum Gasteiger partial charge on any atom is -0.446 e. The molecule has 0 radical (unpaired) electrons. The van der Waals surface area contributed by atoms with Crippen LogP contribution >= 0.6 is 15.9 Å². The highest BCUT2D eigenvalue weighted by molar-refractivity contribution is 9.10. The Morgan fingerprint density at radius 3 is 2.52 bits per heavy atom. The lowest BCUT2D eigenvalue weighted by atomic mass is 10.2. The molecular formula is C19H22BrN5O4. The maximum atomic E-state index is 13.4. The fourth-order valence-corrected chi connectivity index (χ4v) is 4.13. The van der Waals surface area contributed by atoms with Gasteiger partial charge in [-0.25, -0.2) is 4.98 Å². The molecule has 0 aliphatic carbocycles. The molecule has 1 aliphatic heterocycles. The van der Waals surface area contributed by atoms with Crippen molar-refractivity contribution >= 4 is 33.3 Å². The molecule has 29 heavy (non-hydrogen) atoms. The number of likely N-dealkylation sites (tertiary alicyclic amines) is 1. The summed E-state index contributed by atoms with van der Waals surface area (Å²) in [6.07, 6.45) is 1.74. The SMILES string of the molecule is COC[C@@H]1CC[C@@H](COC)N1C(=O)c1cc(N)n2nc(-c3ccc(Br)o3)nc2c1. The van der Waals surface area contributed by atoms with Crippen LogP contribution < -0.4 is 5.73 Å². The van der Waals surface area contributed by atoms with Crippen molar-refractivity contribution in [2.45, 2.75) is 24.9 Å². The number of fused-ring (bicyclic) bond motifs is 1. The van der Waals surface area contributed by atoms with Crippen LogP contribution in [0.5, 0.6) is 0 Å². The zero-order chi connectivity index (χ0) is 20.5. The molecule has 0 spiro atoms. The minimum atomic E-state index is -0.119. The van der Waals surface area contributed by atoms with E-state index in [9.17, 15) is 4.79 Å². The Bertz CT molecular complexity index is 1020. The lowest BCUT2D eigenvalue weighted by Gasteiger charge is -2.30. The molecule has 9 nitrogen and oxygen atoms in total. The van der Waals surface area contributed by atoms with Crippen LogP contribution in [-0.4, -0.2) is 64.9 Å². The molecule has 154 valence electrons. The van der Waals surface area contributed by atoms with Crippen molar-refractivity contribution < 1.29 is 18.7 Å². The number of anilines is 1. The Balaban J connectivity index is 1.69. The summed E-state index contributed by atoms with van der Waals surface area (Å²) in [7, 11) is 3.28. The quantitative estimate of drug-likeness (QED) is 0.598. The molecule has 0 saturated carbocycles. The van der Waals surface area contributed by atoms with Gasteiger partial charge >= 0.3 is 0 Å². The Labute approximate surface area is 175 Å². The maximum Gasteiger partial charge on any atom is 0.254 e. The van der Waals surface area contributed by atoms with Gasteiger partial charge in [-0.05, 0) is 53.0 Å². The molecule has 4 heterocycles. The standard InChI is InChI=1S/C19H22BrN5O4/c1-27-9-12-3-4-13(10-28-2)24(12)19(26)11-7-16(21)25-17(8-11)22-18(23-25)14-5-6-15(20)29-14/h5-8,12-13H,3-4,9-10,21H2,1-2H3/t12-,13-/m0/s1. The molecule has 0 unspecified atom stereocenters. The van der Waals surface area contributed by atoms with Crippen LogP contribution in [0, 0.1) is 0 Å². The number of nitrogen functional groups attached to an aromatic ring is 1. The highest BCUT2D eigenvalue weighted by Gasteiger charge is 2.37. The minimum absolute atomic E-state index is 0.000925. The van der Waals surface area contributed by atoms with Crippen LogP contribution in [0.4, 0.5) is 5.82 Å². The number of halogens is 1. The van der Waals surface area contributed by atoms with Crippen LogP contribution in [0.3, 0.4) is 0 Å². The van der Waals surface area contributed by atoms with Gasteiger partial charge in [0.1, 0.15) is 5.82 Å². The van der Waals surface area contributed by atoms with E-state index in [-0.39, 0.29) is 18.0 Å². The van der Waals surface area contributed by atoms with Crippen molar-refractivity contribution in [1.82, 2.24) is 19.5 Å². The number of aromatic nitrogens is 3. The van der Waals surface area contributed by atoms with Gasteiger partial charge in [0, 0.05) is 19.8 Å². The van der Waals surface area contributed by atoms with E-state index >= 15 is 0 Å². The highest BCUT2D eigenvalue weighted by atomic mass is 79.9. The first kappa shape index (κ1) is 19.9. The van der Waals surface area contributed by atoms with Crippen molar-refractivity contribution in [3.8, 4) is 11.6 Å².